The molecule has 158 valence electrons. The van der Waals surface area contributed by atoms with Crippen molar-refractivity contribution < 1.29 is 18.8 Å². The van der Waals surface area contributed by atoms with E-state index in [4.69, 9.17) is 0 Å². The highest BCUT2D eigenvalue weighted by molar-refractivity contribution is 6.14. The van der Waals surface area contributed by atoms with Crippen LogP contribution in [0.3, 0.4) is 0 Å². The maximum Gasteiger partial charge on any atom is 0.184 e. The van der Waals surface area contributed by atoms with E-state index >= 15 is 0 Å². The average Bonchev–Trinajstić information content (AvgIpc) is 2.95. The molecule has 1 saturated carbocycles. The predicted molar refractivity (Wildman–Crippen MR) is 113 cm³/mol. The first-order valence-electron chi connectivity index (χ1n) is 10.6. The monoisotopic (exact) mass is 409 g/mol. The molecule has 1 heterocycles. The number of Topliss-reactive ketones (excluding diaryl/α,β-unsaturated/α-hetero) is 3. The molecule has 1 aromatic carbocycles. The Labute approximate surface area is 176 Å². The van der Waals surface area contributed by atoms with Crippen LogP contribution in [-0.4, -0.2) is 22.3 Å². The van der Waals surface area contributed by atoms with Crippen LogP contribution in [0, 0.1) is 32.5 Å². The summed E-state index contributed by atoms with van der Waals surface area (Å²) in [6.45, 7) is 5.94. The molecular weight excluding hydrogens is 381 g/mol. The maximum absolute atomic E-state index is 13.6. The lowest BCUT2D eigenvalue weighted by Gasteiger charge is -2.16. The van der Waals surface area contributed by atoms with Crippen molar-refractivity contribution in [2.75, 3.05) is 0 Å². The summed E-state index contributed by atoms with van der Waals surface area (Å²) in [5, 5.41) is 0. The summed E-state index contributed by atoms with van der Waals surface area (Å²) in [4.78, 5) is 41.5. The molecule has 2 aromatic rings. The van der Waals surface area contributed by atoms with Crippen LogP contribution in [0.1, 0.15) is 77.2 Å². The van der Waals surface area contributed by atoms with Gasteiger partial charge in [0.05, 0.1) is 0 Å². The van der Waals surface area contributed by atoms with E-state index in [2.05, 4.69) is 4.98 Å². The standard InChI is InChI=1S/C25H28FNO3/c1-15-12-16(2)22(17(3)13-15)23-21(29)14-18(25(23)30)8-5-4-6-10-20(28)24-19(26)9-7-11-27-24/h7,9,11-13,18,23H,4-6,8,10,14H2,1-3H3. The molecule has 5 heteroatoms. The number of pyridine rings is 1. The molecular formula is C25H28FNO3. The molecule has 1 aliphatic carbocycles. The Kier molecular flexibility index (Phi) is 6.91. The third-order valence-corrected chi connectivity index (χ3v) is 5.96. The number of hydrogen-bond acceptors (Lipinski definition) is 4. The minimum absolute atomic E-state index is 0.0147. The highest BCUT2D eigenvalue weighted by atomic mass is 19.1. The van der Waals surface area contributed by atoms with Crippen LogP contribution >= 0.6 is 0 Å². The second kappa shape index (κ2) is 9.41. The Hall–Kier alpha value is -2.69. The van der Waals surface area contributed by atoms with E-state index < -0.39 is 11.7 Å². The highest BCUT2D eigenvalue weighted by Gasteiger charge is 2.42. The van der Waals surface area contributed by atoms with Crippen LogP contribution in [-0.2, 0) is 9.59 Å². The number of benzene rings is 1. The fourth-order valence-electron chi connectivity index (χ4n) is 4.61. The van der Waals surface area contributed by atoms with Crippen LogP contribution in [0.5, 0.6) is 0 Å². The third-order valence-electron chi connectivity index (χ3n) is 5.96. The molecule has 3 rings (SSSR count). The van der Waals surface area contributed by atoms with Crippen LogP contribution in [0.25, 0.3) is 0 Å². The number of halogens is 1. The highest BCUT2D eigenvalue weighted by Crippen LogP contribution is 2.38. The average molecular weight is 410 g/mol. The van der Waals surface area contributed by atoms with Gasteiger partial charge in [-0.15, -0.1) is 0 Å². The number of carbonyl (C=O) groups is 3. The Bertz CT molecular complexity index is 959. The number of unbranched alkanes of at least 4 members (excludes halogenated alkanes) is 2. The van der Waals surface area contributed by atoms with Gasteiger partial charge in [0.25, 0.3) is 0 Å². The summed E-state index contributed by atoms with van der Waals surface area (Å²) in [5.74, 6) is -1.73. The van der Waals surface area contributed by atoms with E-state index in [0.717, 1.165) is 35.1 Å². The van der Waals surface area contributed by atoms with Gasteiger partial charge in [-0.05, 0) is 62.4 Å². The van der Waals surface area contributed by atoms with Crippen molar-refractivity contribution in [1.82, 2.24) is 4.98 Å². The first kappa shape index (κ1) is 22.0. The molecule has 0 saturated heterocycles. The smallest absolute Gasteiger partial charge is 0.184 e. The van der Waals surface area contributed by atoms with Crippen molar-refractivity contribution in [3.63, 3.8) is 0 Å². The van der Waals surface area contributed by atoms with Crippen molar-refractivity contribution in [2.24, 2.45) is 5.92 Å². The van der Waals surface area contributed by atoms with E-state index in [-0.39, 0.29) is 35.4 Å². The number of rotatable bonds is 8. The van der Waals surface area contributed by atoms with Crippen LogP contribution in [0.15, 0.2) is 30.5 Å². The number of carbonyl (C=O) groups excluding carboxylic acids is 3. The van der Waals surface area contributed by atoms with Gasteiger partial charge in [-0.2, -0.15) is 0 Å². The minimum atomic E-state index is -0.635. The summed E-state index contributed by atoms with van der Waals surface area (Å²) in [5.41, 5.74) is 3.89. The number of hydrogen-bond donors (Lipinski definition) is 0. The molecule has 1 aromatic heterocycles. The van der Waals surface area contributed by atoms with Crippen LogP contribution in [0.4, 0.5) is 4.39 Å². The van der Waals surface area contributed by atoms with E-state index in [0.29, 0.717) is 19.3 Å². The molecule has 0 amide bonds. The predicted octanol–water partition coefficient (Wildman–Crippen LogP) is 5.22. The normalized spacial score (nSPS) is 18.8. The van der Waals surface area contributed by atoms with Gasteiger partial charge in [-0.1, -0.05) is 30.5 Å². The summed E-state index contributed by atoms with van der Waals surface area (Å²) >= 11 is 0. The topological polar surface area (TPSA) is 64.1 Å². The lowest BCUT2D eigenvalue weighted by Crippen LogP contribution is -2.17. The number of aromatic nitrogens is 1. The lowest BCUT2D eigenvalue weighted by molar-refractivity contribution is -0.124. The van der Waals surface area contributed by atoms with Crippen LogP contribution < -0.4 is 0 Å². The SMILES string of the molecule is Cc1cc(C)c(C2C(=O)CC(CCCCCC(=O)c3ncccc3F)C2=O)c(C)c1. The molecule has 2 atom stereocenters. The third kappa shape index (κ3) is 4.72. The first-order chi connectivity index (χ1) is 14.3. The number of nitrogens with zero attached hydrogens (tertiary/aromatic N) is 1. The summed E-state index contributed by atoms with van der Waals surface area (Å²) < 4.78 is 13.6. The molecule has 0 spiro atoms. The van der Waals surface area contributed by atoms with Crippen molar-refractivity contribution in [3.8, 4) is 0 Å². The van der Waals surface area contributed by atoms with Crippen molar-refractivity contribution in [3.05, 3.63) is 64.2 Å². The molecule has 0 bridgehead atoms. The molecule has 30 heavy (non-hydrogen) atoms. The summed E-state index contributed by atoms with van der Waals surface area (Å²) in [6.07, 6.45) is 4.73. The zero-order valence-corrected chi connectivity index (χ0v) is 17.8. The van der Waals surface area contributed by atoms with Gasteiger partial charge in [-0.25, -0.2) is 4.39 Å². The van der Waals surface area contributed by atoms with Crippen molar-refractivity contribution in [2.45, 2.75) is 65.2 Å². The van der Waals surface area contributed by atoms with Gasteiger partial charge in [0.2, 0.25) is 0 Å². The largest absolute Gasteiger partial charge is 0.298 e. The van der Waals surface area contributed by atoms with Gasteiger partial charge < -0.3 is 0 Å². The van der Waals surface area contributed by atoms with Crippen molar-refractivity contribution >= 4 is 17.3 Å². The quantitative estimate of drug-likeness (QED) is 0.341. The number of aryl methyl sites for hydroxylation is 3. The Morgan fingerprint density at radius 1 is 1.10 bits per heavy atom. The summed E-state index contributed by atoms with van der Waals surface area (Å²) in [6, 6.07) is 6.74. The molecule has 1 fully saturated rings. The molecule has 2 unspecified atom stereocenters. The van der Waals surface area contributed by atoms with Crippen molar-refractivity contribution in [1.29, 1.82) is 0 Å². The fourth-order valence-corrected chi connectivity index (χ4v) is 4.61. The van der Waals surface area contributed by atoms with E-state index in [1.165, 1.54) is 18.3 Å². The van der Waals surface area contributed by atoms with Gasteiger partial charge in [0.1, 0.15) is 17.4 Å². The van der Waals surface area contributed by atoms with Gasteiger partial charge >= 0.3 is 0 Å². The van der Waals surface area contributed by atoms with E-state index in [9.17, 15) is 18.8 Å². The Balaban J connectivity index is 1.52. The maximum atomic E-state index is 13.6. The molecule has 0 aliphatic heterocycles. The van der Waals surface area contributed by atoms with Gasteiger partial charge in [-0.3, -0.25) is 19.4 Å². The van der Waals surface area contributed by atoms with E-state index in [1.54, 1.807) is 0 Å². The number of ketones is 3. The molecule has 0 radical (unpaired) electrons. The minimum Gasteiger partial charge on any atom is -0.298 e. The Morgan fingerprint density at radius 3 is 2.47 bits per heavy atom. The first-order valence-corrected chi connectivity index (χ1v) is 10.6. The molecule has 1 aliphatic rings. The fraction of sp³-hybridized carbons (Fsp3) is 0.440. The lowest BCUT2D eigenvalue weighted by atomic mass is 9.86. The van der Waals surface area contributed by atoms with E-state index in [1.807, 2.05) is 32.9 Å². The molecule has 0 N–H and O–H groups in total. The van der Waals surface area contributed by atoms with Gasteiger partial charge in [0.15, 0.2) is 17.4 Å². The zero-order valence-electron chi connectivity index (χ0n) is 17.8. The zero-order chi connectivity index (χ0) is 21.8. The van der Waals surface area contributed by atoms with Gasteiger partial charge in [0, 0.05) is 25.0 Å². The molecule has 4 nitrogen and oxygen atoms in total. The summed E-state index contributed by atoms with van der Waals surface area (Å²) in [7, 11) is 0. The Morgan fingerprint density at radius 2 is 1.80 bits per heavy atom. The second-order valence-electron chi connectivity index (χ2n) is 8.37. The second-order valence-corrected chi connectivity index (χ2v) is 8.37. The van der Waals surface area contributed by atoms with Crippen LogP contribution in [0.2, 0.25) is 0 Å².